The number of nitrogens with zero attached hydrogens (tertiary/aromatic N) is 3. The zero-order valence-electron chi connectivity index (χ0n) is 14.6. The Labute approximate surface area is 157 Å². The summed E-state index contributed by atoms with van der Waals surface area (Å²) in [5, 5.41) is 0.725. The van der Waals surface area contributed by atoms with E-state index >= 15 is 0 Å². The highest BCUT2D eigenvalue weighted by Gasteiger charge is 2.27. The maximum Gasteiger partial charge on any atom is 0.268 e. The zero-order chi connectivity index (χ0) is 18.7. The molecule has 2 N–H and O–H groups in total. The number of primary amides is 1. The first kappa shape index (κ1) is 18.8. The molecule has 0 saturated carbocycles. The van der Waals surface area contributed by atoms with Crippen molar-refractivity contribution in [2.75, 3.05) is 30.0 Å². The van der Waals surface area contributed by atoms with Crippen molar-refractivity contribution in [3.05, 3.63) is 40.7 Å². The third-order valence-electron chi connectivity index (χ3n) is 4.32. The number of hydrogen-bond acceptors (Lipinski definition) is 7. The molecule has 0 aliphatic carbocycles. The van der Waals surface area contributed by atoms with Gasteiger partial charge in [0.2, 0.25) is 0 Å². The summed E-state index contributed by atoms with van der Waals surface area (Å²) in [6.45, 7) is 1.43. The Morgan fingerprint density at radius 2 is 2.23 bits per heavy atom. The number of amides is 1. The first-order valence-corrected chi connectivity index (χ1v) is 11.3. The fourth-order valence-corrected chi connectivity index (χ4v) is 5.50. The van der Waals surface area contributed by atoms with Crippen molar-refractivity contribution in [2.24, 2.45) is 11.7 Å². The lowest BCUT2D eigenvalue weighted by Gasteiger charge is -2.32. The number of anilines is 1. The molecule has 26 heavy (non-hydrogen) atoms. The number of thiazole rings is 1. The summed E-state index contributed by atoms with van der Waals surface area (Å²) in [6, 6.07) is 5.63. The summed E-state index contributed by atoms with van der Waals surface area (Å²) in [6.07, 6.45) is 5.27. The largest absolute Gasteiger partial charge is 0.364 e. The molecule has 0 unspecified atom stereocenters. The highest BCUT2D eigenvalue weighted by atomic mass is 32.2. The van der Waals surface area contributed by atoms with Crippen LogP contribution in [0.15, 0.2) is 24.4 Å². The lowest BCUT2D eigenvalue weighted by Crippen LogP contribution is -2.38. The SMILES string of the molecule is CS(=O)(=O)C[C@@H]1CCCN(c2nc(C(N)=O)c(Cc3ccccn3)s2)C1. The fourth-order valence-electron chi connectivity index (χ4n) is 3.26. The van der Waals surface area contributed by atoms with Crippen molar-refractivity contribution in [3.8, 4) is 0 Å². The Hall–Kier alpha value is -2.00. The number of aromatic nitrogens is 2. The van der Waals surface area contributed by atoms with E-state index in [0.29, 0.717) is 13.0 Å². The van der Waals surface area contributed by atoms with Crippen LogP contribution >= 0.6 is 11.3 Å². The van der Waals surface area contributed by atoms with Crippen LogP contribution in [0.1, 0.15) is 33.9 Å². The van der Waals surface area contributed by atoms with Gasteiger partial charge in [-0.05, 0) is 30.9 Å². The molecular weight excluding hydrogens is 372 g/mol. The maximum atomic E-state index is 11.8. The molecule has 3 rings (SSSR count). The van der Waals surface area contributed by atoms with Gasteiger partial charge in [0.05, 0.1) is 5.75 Å². The molecule has 7 nitrogen and oxygen atoms in total. The summed E-state index contributed by atoms with van der Waals surface area (Å²) in [5.41, 5.74) is 6.63. The highest BCUT2D eigenvalue weighted by Crippen LogP contribution is 2.31. The van der Waals surface area contributed by atoms with Gasteiger partial charge in [0.1, 0.15) is 15.5 Å². The molecular formula is C17H22N4O3S2. The molecule has 1 fully saturated rings. The number of nitrogens with two attached hydrogens (primary N) is 1. The average Bonchev–Trinajstić information content (AvgIpc) is 2.99. The molecule has 1 aliphatic rings. The second-order valence-corrected chi connectivity index (χ2v) is 9.92. The Morgan fingerprint density at radius 1 is 1.42 bits per heavy atom. The quantitative estimate of drug-likeness (QED) is 0.795. The first-order valence-electron chi connectivity index (χ1n) is 8.44. The number of carbonyl (C=O) groups is 1. The molecule has 1 aliphatic heterocycles. The summed E-state index contributed by atoms with van der Waals surface area (Å²) in [4.78, 5) is 23.4. The topological polar surface area (TPSA) is 106 Å². The molecule has 1 atom stereocenters. The molecule has 0 spiro atoms. The van der Waals surface area contributed by atoms with Crippen LogP contribution in [0.5, 0.6) is 0 Å². The second-order valence-electron chi connectivity index (χ2n) is 6.68. The molecule has 2 aromatic heterocycles. The number of hydrogen-bond donors (Lipinski definition) is 1. The van der Waals surface area contributed by atoms with Gasteiger partial charge in [-0.2, -0.15) is 0 Å². The number of carbonyl (C=O) groups excluding carboxylic acids is 1. The monoisotopic (exact) mass is 394 g/mol. The standard InChI is InChI=1S/C17H22N4O3S2/c1-26(23,24)11-12-5-4-8-21(10-12)17-20-15(16(18)22)14(25-17)9-13-6-2-3-7-19-13/h2-3,6-7,12H,4-5,8-11H2,1H3,(H2,18,22)/t12-/m1/s1. The number of piperidine rings is 1. The third-order valence-corrected chi connectivity index (χ3v) is 6.51. The van der Waals surface area contributed by atoms with Crippen molar-refractivity contribution >= 4 is 32.2 Å². The Bertz CT molecular complexity index is 881. The van der Waals surface area contributed by atoms with E-state index in [1.807, 2.05) is 18.2 Å². The molecule has 2 aromatic rings. The van der Waals surface area contributed by atoms with Crippen LogP contribution in [0.4, 0.5) is 5.13 Å². The van der Waals surface area contributed by atoms with E-state index < -0.39 is 15.7 Å². The van der Waals surface area contributed by atoms with Crippen LogP contribution < -0.4 is 10.6 Å². The van der Waals surface area contributed by atoms with Gasteiger partial charge >= 0.3 is 0 Å². The molecule has 0 aromatic carbocycles. The minimum Gasteiger partial charge on any atom is -0.364 e. The predicted octanol–water partition coefficient (Wildman–Crippen LogP) is 1.49. The third kappa shape index (κ3) is 4.79. The molecule has 0 radical (unpaired) electrons. The summed E-state index contributed by atoms with van der Waals surface area (Å²) in [7, 11) is -3.01. The first-order chi connectivity index (χ1) is 12.3. The molecule has 9 heteroatoms. The van der Waals surface area contributed by atoms with Crippen LogP contribution in [-0.2, 0) is 16.3 Å². The fraction of sp³-hybridized carbons (Fsp3) is 0.471. The van der Waals surface area contributed by atoms with Gasteiger partial charge in [-0.25, -0.2) is 13.4 Å². The molecule has 1 amide bonds. The predicted molar refractivity (Wildman–Crippen MR) is 102 cm³/mol. The molecule has 140 valence electrons. The number of rotatable bonds is 6. The van der Waals surface area contributed by atoms with Crippen molar-refractivity contribution in [2.45, 2.75) is 19.3 Å². The smallest absolute Gasteiger partial charge is 0.268 e. The molecule has 3 heterocycles. The van der Waals surface area contributed by atoms with E-state index in [0.717, 1.165) is 35.1 Å². The van der Waals surface area contributed by atoms with Gasteiger partial charge in [0.15, 0.2) is 5.13 Å². The van der Waals surface area contributed by atoms with Crippen molar-refractivity contribution < 1.29 is 13.2 Å². The Kier molecular flexibility index (Phi) is 5.57. The van der Waals surface area contributed by atoms with E-state index in [-0.39, 0.29) is 17.4 Å². The van der Waals surface area contributed by atoms with Gasteiger partial charge in [0, 0.05) is 42.5 Å². The normalized spacial score (nSPS) is 18.0. The van der Waals surface area contributed by atoms with Gasteiger partial charge in [0.25, 0.3) is 5.91 Å². The second kappa shape index (κ2) is 7.71. The Morgan fingerprint density at radius 3 is 2.88 bits per heavy atom. The Balaban J connectivity index is 1.81. The van der Waals surface area contributed by atoms with Crippen molar-refractivity contribution in [3.63, 3.8) is 0 Å². The average molecular weight is 395 g/mol. The van der Waals surface area contributed by atoms with Crippen LogP contribution in [0.25, 0.3) is 0 Å². The number of sulfone groups is 1. The summed E-state index contributed by atoms with van der Waals surface area (Å²) < 4.78 is 23.2. The zero-order valence-corrected chi connectivity index (χ0v) is 16.2. The summed E-state index contributed by atoms with van der Waals surface area (Å²) in [5.74, 6) is -0.291. The molecule has 1 saturated heterocycles. The van der Waals surface area contributed by atoms with Crippen LogP contribution in [0.2, 0.25) is 0 Å². The van der Waals surface area contributed by atoms with E-state index in [1.165, 1.54) is 17.6 Å². The van der Waals surface area contributed by atoms with Gasteiger partial charge in [-0.1, -0.05) is 6.07 Å². The van der Waals surface area contributed by atoms with E-state index in [4.69, 9.17) is 5.73 Å². The molecule has 0 bridgehead atoms. The minimum absolute atomic E-state index is 0.0823. The van der Waals surface area contributed by atoms with Crippen LogP contribution in [0.3, 0.4) is 0 Å². The summed E-state index contributed by atoms with van der Waals surface area (Å²) >= 11 is 1.43. The van der Waals surface area contributed by atoms with E-state index in [2.05, 4.69) is 14.9 Å². The highest BCUT2D eigenvalue weighted by molar-refractivity contribution is 7.90. The van der Waals surface area contributed by atoms with E-state index in [9.17, 15) is 13.2 Å². The van der Waals surface area contributed by atoms with E-state index in [1.54, 1.807) is 6.20 Å². The number of pyridine rings is 1. The lowest BCUT2D eigenvalue weighted by molar-refractivity contribution is 0.0995. The minimum atomic E-state index is -3.01. The lowest BCUT2D eigenvalue weighted by atomic mass is 10.0. The van der Waals surface area contributed by atoms with Crippen LogP contribution in [0, 0.1) is 5.92 Å². The van der Waals surface area contributed by atoms with Gasteiger partial charge in [-0.15, -0.1) is 11.3 Å². The van der Waals surface area contributed by atoms with Crippen molar-refractivity contribution in [1.29, 1.82) is 0 Å². The van der Waals surface area contributed by atoms with Gasteiger partial charge < -0.3 is 10.6 Å². The van der Waals surface area contributed by atoms with Crippen LogP contribution in [-0.4, -0.2) is 49.4 Å². The van der Waals surface area contributed by atoms with Crippen molar-refractivity contribution in [1.82, 2.24) is 9.97 Å². The van der Waals surface area contributed by atoms with Gasteiger partial charge in [-0.3, -0.25) is 9.78 Å². The maximum absolute atomic E-state index is 11.8.